The minimum absolute atomic E-state index is 0.0859. The minimum Gasteiger partial charge on any atom is -0.379 e. The van der Waals surface area contributed by atoms with Gasteiger partial charge in [-0.1, -0.05) is 0 Å². The topological polar surface area (TPSA) is 56.1 Å². The molecule has 0 radical (unpaired) electrons. The van der Waals surface area contributed by atoms with Gasteiger partial charge in [-0.05, 0) is 39.5 Å². The van der Waals surface area contributed by atoms with Crippen LogP contribution in [0.15, 0.2) is 17.2 Å². The summed E-state index contributed by atoms with van der Waals surface area (Å²) in [6.45, 7) is 8.06. The van der Waals surface area contributed by atoms with Crippen molar-refractivity contribution in [3.63, 3.8) is 0 Å². The number of hydrogen-bond donors (Lipinski definition) is 1. The predicted molar refractivity (Wildman–Crippen MR) is 75.5 cm³/mol. The molecule has 5 heteroatoms. The molecular weight excluding hydrogens is 242 g/mol. The second kappa shape index (κ2) is 5.74. The van der Waals surface area contributed by atoms with E-state index in [1.807, 2.05) is 20.8 Å². The van der Waals surface area contributed by atoms with E-state index in [0.29, 0.717) is 19.0 Å². The van der Waals surface area contributed by atoms with Gasteiger partial charge in [0.2, 0.25) is 0 Å². The van der Waals surface area contributed by atoms with Crippen molar-refractivity contribution in [3.8, 4) is 0 Å². The molecule has 1 aliphatic rings. The van der Waals surface area contributed by atoms with E-state index < -0.39 is 0 Å². The van der Waals surface area contributed by atoms with Gasteiger partial charge >= 0.3 is 0 Å². The smallest absolute Gasteiger partial charge is 0.293 e. The molecule has 19 heavy (non-hydrogen) atoms. The quantitative estimate of drug-likeness (QED) is 0.797. The Morgan fingerprint density at radius 3 is 2.84 bits per heavy atom. The highest BCUT2D eigenvalue weighted by Crippen LogP contribution is 2.28. The van der Waals surface area contributed by atoms with Gasteiger partial charge in [-0.25, -0.2) is 4.98 Å². The highest BCUT2D eigenvalue weighted by Gasteiger charge is 2.21. The lowest BCUT2D eigenvalue weighted by Gasteiger charge is -2.22. The van der Waals surface area contributed by atoms with Gasteiger partial charge in [0, 0.05) is 31.1 Å². The molecule has 1 aromatic rings. The Morgan fingerprint density at radius 1 is 1.47 bits per heavy atom. The highest BCUT2D eigenvalue weighted by molar-refractivity contribution is 5.30. The monoisotopic (exact) mass is 265 g/mol. The van der Waals surface area contributed by atoms with Crippen LogP contribution in [0.1, 0.15) is 33.6 Å². The highest BCUT2D eigenvalue weighted by atomic mass is 16.5. The van der Waals surface area contributed by atoms with Crippen LogP contribution in [-0.4, -0.2) is 29.3 Å². The Kier molecular flexibility index (Phi) is 4.24. The molecule has 0 bridgehead atoms. The average Bonchev–Trinajstić information content (AvgIpc) is 3.13. The second-order valence-electron chi connectivity index (χ2n) is 6.07. The molecule has 1 aromatic heterocycles. The molecule has 106 valence electrons. The molecule has 1 fully saturated rings. The minimum atomic E-state index is -0.237. The van der Waals surface area contributed by atoms with Crippen LogP contribution in [0.4, 0.5) is 5.82 Å². The van der Waals surface area contributed by atoms with Crippen LogP contribution in [0, 0.1) is 5.92 Å². The lowest BCUT2D eigenvalue weighted by Crippen LogP contribution is -2.35. The lowest BCUT2D eigenvalue weighted by molar-refractivity contribution is 0.134. The van der Waals surface area contributed by atoms with Crippen molar-refractivity contribution in [2.45, 2.75) is 39.2 Å². The van der Waals surface area contributed by atoms with E-state index >= 15 is 0 Å². The molecule has 1 N–H and O–H groups in total. The number of aromatic nitrogens is 2. The van der Waals surface area contributed by atoms with Crippen LogP contribution < -0.4 is 10.9 Å². The molecule has 0 aliphatic heterocycles. The Bertz CT molecular complexity index is 472. The van der Waals surface area contributed by atoms with Crippen molar-refractivity contribution in [1.82, 2.24) is 9.55 Å². The third-order valence-corrected chi connectivity index (χ3v) is 3.15. The fourth-order valence-electron chi connectivity index (χ4n) is 1.84. The van der Waals surface area contributed by atoms with Crippen molar-refractivity contribution >= 4 is 5.82 Å². The number of nitrogens with one attached hydrogen (secondary N) is 1. The van der Waals surface area contributed by atoms with E-state index in [2.05, 4.69) is 10.3 Å². The summed E-state index contributed by atoms with van der Waals surface area (Å²) in [4.78, 5) is 16.3. The van der Waals surface area contributed by atoms with Crippen molar-refractivity contribution in [3.05, 3.63) is 22.7 Å². The standard InChI is InChI=1S/C14H23N3O2/c1-14(2,3)17-8-6-15-12(13(17)18)16-7-9-19-10-11-4-5-11/h6,8,11H,4-5,7,9-10H2,1-3H3,(H,15,16). The van der Waals surface area contributed by atoms with E-state index in [0.717, 1.165) is 12.5 Å². The SMILES string of the molecule is CC(C)(C)n1ccnc(NCCOCC2CC2)c1=O. The van der Waals surface area contributed by atoms with Gasteiger partial charge in [0.15, 0.2) is 5.82 Å². The first-order valence-electron chi connectivity index (χ1n) is 6.88. The van der Waals surface area contributed by atoms with Crippen LogP contribution in [0.25, 0.3) is 0 Å². The fraction of sp³-hybridized carbons (Fsp3) is 0.714. The summed E-state index contributed by atoms with van der Waals surface area (Å²) in [7, 11) is 0. The molecule has 0 saturated heterocycles. The third kappa shape index (κ3) is 4.06. The first kappa shape index (κ1) is 14.1. The second-order valence-corrected chi connectivity index (χ2v) is 6.07. The maximum Gasteiger partial charge on any atom is 0.293 e. The van der Waals surface area contributed by atoms with Gasteiger partial charge in [0.05, 0.1) is 6.61 Å². The van der Waals surface area contributed by atoms with Gasteiger partial charge in [-0.15, -0.1) is 0 Å². The Hall–Kier alpha value is -1.36. The summed E-state index contributed by atoms with van der Waals surface area (Å²) < 4.78 is 7.21. The largest absolute Gasteiger partial charge is 0.379 e. The molecule has 1 saturated carbocycles. The molecule has 0 atom stereocenters. The van der Waals surface area contributed by atoms with Gasteiger partial charge in [0.25, 0.3) is 5.56 Å². The van der Waals surface area contributed by atoms with E-state index in [1.165, 1.54) is 12.8 Å². The van der Waals surface area contributed by atoms with Gasteiger partial charge in [0.1, 0.15) is 0 Å². The molecule has 0 aromatic carbocycles. The number of hydrogen-bond acceptors (Lipinski definition) is 4. The number of nitrogens with zero attached hydrogens (tertiary/aromatic N) is 2. The zero-order valence-electron chi connectivity index (χ0n) is 12.0. The Morgan fingerprint density at radius 2 is 2.21 bits per heavy atom. The van der Waals surface area contributed by atoms with Crippen molar-refractivity contribution in [1.29, 1.82) is 0 Å². The molecular formula is C14H23N3O2. The fourth-order valence-corrected chi connectivity index (χ4v) is 1.84. The lowest BCUT2D eigenvalue weighted by atomic mass is 10.1. The summed E-state index contributed by atoms with van der Waals surface area (Å²) in [5.41, 5.74) is -0.323. The molecule has 0 spiro atoms. The van der Waals surface area contributed by atoms with Gasteiger partial charge < -0.3 is 14.6 Å². The molecule has 5 nitrogen and oxygen atoms in total. The van der Waals surface area contributed by atoms with Crippen molar-refractivity contribution < 1.29 is 4.74 Å². The first-order chi connectivity index (χ1) is 8.98. The van der Waals surface area contributed by atoms with Gasteiger partial charge in [-0.2, -0.15) is 0 Å². The van der Waals surface area contributed by atoms with Crippen LogP contribution in [0.3, 0.4) is 0 Å². The van der Waals surface area contributed by atoms with Crippen LogP contribution in [0.5, 0.6) is 0 Å². The zero-order chi connectivity index (χ0) is 13.9. The van der Waals surface area contributed by atoms with E-state index in [4.69, 9.17) is 4.74 Å². The first-order valence-corrected chi connectivity index (χ1v) is 6.88. The molecule has 1 heterocycles. The summed E-state index contributed by atoms with van der Waals surface area (Å²) in [6, 6.07) is 0. The molecule has 1 aliphatic carbocycles. The maximum atomic E-state index is 12.2. The van der Waals surface area contributed by atoms with Crippen molar-refractivity contribution in [2.75, 3.05) is 25.1 Å². The van der Waals surface area contributed by atoms with E-state index in [9.17, 15) is 4.79 Å². The summed E-state index contributed by atoms with van der Waals surface area (Å²) in [5, 5.41) is 3.05. The third-order valence-electron chi connectivity index (χ3n) is 3.15. The normalized spacial score (nSPS) is 15.5. The molecule has 0 amide bonds. The summed E-state index contributed by atoms with van der Waals surface area (Å²) in [5.74, 6) is 1.17. The molecule has 2 rings (SSSR count). The Labute approximate surface area is 114 Å². The average molecular weight is 265 g/mol. The zero-order valence-corrected chi connectivity index (χ0v) is 12.0. The van der Waals surface area contributed by atoms with Crippen molar-refractivity contribution in [2.24, 2.45) is 5.92 Å². The predicted octanol–water partition coefficient (Wildman–Crippen LogP) is 1.84. The van der Waals surface area contributed by atoms with Crippen LogP contribution in [0.2, 0.25) is 0 Å². The number of rotatable bonds is 6. The van der Waals surface area contributed by atoms with Crippen LogP contribution in [-0.2, 0) is 10.3 Å². The summed E-state index contributed by atoms with van der Waals surface area (Å²) in [6.07, 6.45) is 5.96. The number of anilines is 1. The summed E-state index contributed by atoms with van der Waals surface area (Å²) >= 11 is 0. The van der Waals surface area contributed by atoms with E-state index in [-0.39, 0.29) is 11.1 Å². The molecule has 0 unspecified atom stereocenters. The van der Waals surface area contributed by atoms with E-state index in [1.54, 1.807) is 17.0 Å². The Balaban J connectivity index is 1.87. The maximum absolute atomic E-state index is 12.2. The number of ether oxygens (including phenoxy) is 1. The van der Waals surface area contributed by atoms with Crippen LogP contribution >= 0.6 is 0 Å². The van der Waals surface area contributed by atoms with Gasteiger partial charge in [-0.3, -0.25) is 4.79 Å².